The second kappa shape index (κ2) is 11.1. The van der Waals surface area contributed by atoms with E-state index in [0.29, 0.717) is 32.4 Å². The lowest BCUT2D eigenvalue weighted by molar-refractivity contribution is -0.142. The van der Waals surface area contributed by atoms with Gasteiger partial charge in [-0.3, -0.25) is 9.59 Å². The summed E-state index contributed by atoms with van der Waals surface area (Å²) in [6.45, 7) is 2.61. The van der Waals surface area contributed by atoms with Crippen molar-refractivity contribution < 1.29 is 40.6 Å². The molecular weight excluding hydrogens is 502 g/mol. The molecule has 0 saturated carbocycles. The monoisotopic (exact) mass is 524 g/mol. The summed E-state index contributed by atoms with van der Waals surface area (Å²) in [5.74, 6) is -0.675. The number of carbonyl (C=O) groups is 1. The number of amides is 1. The van der Waals surface area contributed by atoms with E-state index in [9.17, 15) is 35.9 Å². The zero-order valence-corrected chi connectivity index (χ0v) is 18.9. The van der Waals surface area contributed by atoms with Crippen LogP contribution in [0.15, 0.2) is 23.4 Å². The summed E-state index contributed by atoms with van der Waals surface area (Å²) in [5, 5.41) is 5.02. The Labute approximate surface area is 200 Å². The minimum Gasteiger partial charge on any atom is -0.486 e. The van der Waals surface area contributed by atoms with Crippen molar-refractivity contribution in [3.05, 3.63) is 40.2 Å². The van der Waals surface area contributed by atoms with Gasteiger partial charge in [0.25, 0.3) is 5.56 Å². The Morgan fingerprint density at radius 3 is 2.33 bits per heavy atom. The standard InChI is InChI=1S/C20H22F6N6O4/c1-12(36-13-8-29-30-18(34)17(13)20(24,25)26)11-35-7-2-16(33)32-5-3-31(4-6-32)15-10-27-14(9-28-15)19(21,22)23/h8-10,12H,2-7,11H2,1H3,(H,30,34). The molecule has 0 radical (unpaired) electrons. The van der Waals surface area contributed by atoms with Crippen molar-refractivity contribution in [3.63, 3.8) is 0 Å². The van der Waals surface area contributed by atoms with Gasteiger partial charge in [-0.15, -0.1) is 0 Å². The number of alkyl halides is 6. The first kappa shape index (κ1) is 27.2. The largest absolute Gasteiger partial charge is 0.486 e. The van der Waals surface area contributed by atoms with E-state index in [4.69, 9.17) is 9.47 Å². The molecule has 0 spiro atoms. The molecule has 0 aromatic carbocycles. The Bertz CT molecular complexity index is 1080. The van der Waals surface area contributed by atoms with Gasteiger partial charge in [0.15, 0.2) is 17.0 Å². The summed E-state index contributed by atoms with van der Waals surface area (Å²) in [5.41, 5.74) is -4.01. The van der Waals surface area contributed by atoms with Crippen molar-refractivity contribution in [2.45, 2.75) is 31.8 Å². The van der Waals surface area contributed by atoms with Crippen molar-refractivity contribution in [2.75, 3.05) is 44.3 Å². The van der Waals surface area contributed by atoms with Crippen molar-refractivity contribution in [1.29, 1.82) is 0 Å². The second-order valence-corrected chi connectivity index (χ2v) is 7.81. The number of hydrogen-bond donors (Lipinski definition) is 1. The Morgan fingerprint density at radius 1 is 1.06 bits per heavy atom. The maximum atomic E-state index is 13.1. The van der Waals surface area contributed by atoms with Crippen LogP contribution in [0.2, 0.25) is 0 Å². The fraction of sp³-hybridized carbons (Fsp3) is 0.550. The molecule has 1 aliphatic rings. The molecule has 3 heterocycles. The molecular formula is C20H22F6N6O4. The van der Waals surface area contributed by atoms with E-state index in [1.807, 2.05) is 0 Å². The first-order valence-corrected chi connectivity index (χ1v) is 10.7. The molecule has 36 heavy (non-hydrogen) atoms. The highest BCUT2D eigenvalue weighted by atomic mass is 19.4. The minimum atomic E-state index is -4.93. The summed E-state index contributed by atoms with van der Waals surface area (Å²) >= 11 is 0. The van der Waals surface area contributed by atoms with Gasteiger partial charge in [0.05, 0.1) is 38.2 Å². The predicted octanol–water partition coefficient (Wildman–Crippen LogP) is 2.12. The van der Waals surface area contributed by atoms with Gasteiger partial charge in [-0.05, 0) is 6.92 Å². The number of aromatic nitrogens is 4. The second-order valence-electron chi connectivity index (χ2n) is 7.81. The molecule has 3 rings (SSSR count). The van der Waals surface area contributed by atoms with E-state index >= 15 is 0 Å². The van der Waals surface area contributed by atoms with E-state index in [1.165, 1.54) is 6.92 Å². The number of rotatable bonds is 8. The van der Waals surface area contributed by atoms with Crippen molar-refractivity contribution in [1.82, 2.24) is 25.1 Å². The van der Waals surface area contributed by atoms with E-state index in [0.717, 1.165) is 12.4 Å². The van der Waals surface area contributed by atoms with Crippen LogP contribution in [0.4, 0.5) is 32.2 Å². The molecule has 1 atom stereocenters. The predicted molar refractivity (Wildman–Crippen MR) is 111 cm³/mol. The first-order valence-electron chi connectivity index (χ1n) is 10.7. The Hall–Kier alpha value is -3.43. The van der Waals surface area contributed by atoms with E-state index in [-0.39, 0.29) is 31.4 Å². The van der Waals surface area contributed by atoms with E-state index in [1.54, 1.807) is 14.9 Å². The molecule has 2 aromatic heterocycles. The number of anilines is 1. The fourth-order valence-corrected chi connectivity index (χ4v) is 3.37. The van der Waals surface area contributed by atoms with Gasteiger partial charge in [0.2, 0.25) is 5.91 Å². The molecule has 1 saturated heterocycles. The number of aromatic amines is 1. The first-order chi connectivity index (χ1) is 16.9. The Balaban J connectivity index is 1.40. The molecule has 198 valence electrons. The van der Waals surface area contributed by atoms with Crippen LogP contribution in [0, 0.1) is 0 Å². The lowest BCUT2D eigenvalue weighted by atomic mass is 10.2. The number of halogens is 6. The SMILES string of the molecule is CC(COCCC(=O)N1CCN(c2cnc(C(F)(F)F)cn2)CC1)Oc1cn[nH]c(=O)c1C(F)(F)F. The number of hydrogen-bond acceptors (Lipinski definition) is 8. The molecule has 2 aromatic rings. The Morgan fingerprint density at radius 2 is 1.75 bits per heavy atom. The lowest BCUT2D eigenvalue weighted by Gasteiger charge is -2.35. The van der Waals surface area contributed by atoms with Crippen LogP contribution < -0.4 is 15.2 Å². The highest BCUT2D eigenvalue weighted by Crippen LogP contribution is 2.33. The number of piperazine rings is 1. The minimum absolute atomic E-state index is 0.00711. The summed E-state index contributed by atoms with van der Waals surface area (Å²) in [7, 11) is 0. The van der Waals surface area contributed by atoms with Gasteiger partial charge in [0, 0.05) is 26.2 Å². The van der Waals surface area contributed by atoms with Gasteiger partial charge in [-0.25, -0.2) is 15.1 Å². The molecule has 0 aliphatic carbocycles. The van der Waals surface area contributed by atoms with Crippen LogP contribution in [-0.4, -0.2) is 76.5 Å². The smallest absolute Gasteiger partial charge is 0.434 e. The number of nitrogens with zero attached hydrogens (tertiary/aromatic N) is 5. The molecule has 16 heteroatoms. The average Bonchev–Trinajstić information content (AvgIpc) is 2.80. The molecule has 1 aliphatic heterocycles. The van der Waals surface area contributed by atoms with Crippen LogP contribution in [0.1, 0.15) is 24.6 Å². The maximum absolute atomic E-state index is 13.1. The van der Waals surface area contributed by atoms with Crippen LogP contribution >= 0.6 is 0 Å². The number of nitrogens with one attached hydrogen (secondary N) is 1. The summed E-state index contributed by atoms with van der Waals surface area (Å²) < 4.78 is 87.5. The van der Waals surface area contributed by atoms with Crippen molar-refractivity contribution >= 4 is 11.7 Å². The third-order valence-electron chi connectivity index (χ3n) is 5.13. The third kappa shape index (κ3) is 7.05. The molecule has 1 amide bonds. The summed E-state index contributed by atoms with van der Waals surface area (Å²) in [6.07, 6.45) is -7.91. The molecule has 1 fully saturated rings. The maximum Gasteiger partial charge on any atom is 0.434 e. The Kier molecular flexibility index (Phi) is 8.37. The van der Waals surface area contributed by atoms with Crippen molar-refractivity contribution in [3.8, 4) is 5.75 Å². The lowest BCUT2D eigenvalue weighted by Crippen LogP contribution is -2.49. The number of H-pyrrole nitrogens is 1. The average molecular weight is 524 g/mol. The van der Waals surface area contributed by atoms with Gasteiger partial charge in [0.1, 0.15) is 11.9 Å². The topological polar surface area (TPSA) is 114 Å². The third-order valence-corrected chi connectivity index (χ3v) is 5.13. The molecule has 10 nitrogen and oxygen atoms in total. The van der Waals surface area contributed by atoms with Gasteiger partial charge in [-0.1, -0.05) is 0 Å². The van der Waals surface area contributed by atoms with Gasteiger partial charge < -0.3 is 19.3 Å². The molecule has 1 N–H and O–H groups in total. The van der Waals surface area contributed by atoms with Gasteiger partial charge in [-0.2, -0.15) is 31.4 Å². The number of carbonyl (C=O) groups excluding carboxylic acids is 1. The fourth-order valence-electron chi connectivity index (χ4n) is 3.37. The van der Waals surface area contributed by atoms with Crippen LogP contribution in [0.5, 0.6) is 5.75 Å². The zero-order chi connectivity index (χ0) is 26.5. The van der Waals surface area contributed by atoms with E-state index < -0.39 is 41.0 Å². The number of ether oxygens (including phenoxy) is 2. The quantitative estimate of drug-likeness (QED) is 0.413. The summed E-state index contributed by atoms with van der Waals surface area (Å²) in [4.78, 5) is 34.3. The van der Waals surface area contributed by atoms with Crippen LogP contribution in [-0.2, 0) is 21.9 Å². The van der Waals surface area contributed by atoms with Gasteiger partial charge >= 0.3 is 12.4 Å². The highest BCUT2D eigenvalue weighted by molar-refractivity contribution is 5.76. The molecule has 0 bridgehead atoms. The zero-order valence-electron chi connectivity index (χ0n) is 18.9. The van der Waals surface area contributed by atoms with Crippen LogP contribution in [0.25, 0.3) is 0 Å². The van der Waals surface area contributed by atoms with Crippen LogP contribution in [0.3, 0.4) is 0 Å². The highest BCUT2D eigenvalue weighted by Gasteiger charge is 2.38. The summed E-state index contributed by atoms with van der Waals surface area (Å²) in [6, 6.07) is 0. The normalized spacial score (nSPS) is 15.6. The van der Waals surface area contributed by atoms with Crippen molar-refractivity contribution in [2.24, 2.45) is 0 Å². The van der Waals surface area contributed by atoms with E-state index in [2.05, 4.69) is 15.1 Å². The molecule has 1 unspecified atom stereocenters.